The van der Waals surface area contributed by atoms with Crippen LogP contribution in [0.3, 0.4) is 0 Å². The van der Waals surface area contributed by atoms with Gasteiger partial charge in [-0.05, 0) is 62.2 Å². The SMILES string of the molecule is CCOCCCN(CC(=O)N(Cc1ccccc1)Cc1ccc(C)s1)S(=O)(=O)c1ccc(OC)cc1. The van der Waals surface area contributed by atoms with Gasteiger partial charge in [-0.25, -0.2) is 8.42 Å². The van der Waals surface area contributed by atoms with Gasteiger partial charge in [0.05, 0.1) is 25.1 Å². The number of sulfonamides is 1. The molecule has 0 atom stereocenters. The maximum atomic E-state index is 13.6. The van der Waals surface area contributed by atoms with Crippen molar-refractivity contribution in [1.82, 2.24) is 9.21 Å². The van der Waals surface area contributed by atoms with Crippen LogP contribution in [0.4, 0.5) is 0 Å². The molecule has 0 aliphatic heterocycles. The molecular formula is C27H34N2O5S2. The number of hydrogen-bond acceptors (Lipinski definition) is 6. The van der Waals surface area contributed by atoms with E-state index in [0.717, 1.165) is 15.3 Å². The molecule has 1 aromatic heterocycles. The Morgan fingerprint density at radius 1 is 0.972 bits per heavy atom. The summed E-state index contributed by atoms with van der Waals surface area (Å²) in [5.74, 6) is 0.312. The summed E-state index contributed by atoms with van der Waals surface area (Å²) in [5.41, 5.74) is 0.986. The fourth-order valence-electron chi connectivity index (χ4n) is 3.71. The Hall–Kier alpha value is -2.72. The van der Waals surface area contributed by atoms with Crippen LogP contribution in [-0.4, -0.2) is 56.9 Å². The molecule has 0 aliphatic carbocycles. The van der Waals surface area contributed by atoms with Crippen LogP contribution in [0.15, 0.2) is 71.6 Å². The second kappa shape index (κ2) is 13.5. The first-order valence-corrected chi connectivity index (χ1v) is 14.2. The smallest absolute Gasteiger partial charge is 0.243 e. The summed E-state index contributed by atoms with van der Waals surface area (Å²) in [6, 6.07) is 20.0. The molecule has 7 nitrogen and oxygen atoms in total. The van der Waals surface area contributed by atoms with E-state index in [4.69, 9.17) is 9.47 Å². The van der Waals surface area contributed by atoms with E-state index in [1.807, 2.05) is 56.3 Å². The molecule has 194 valence electrons. The summed E-state index contributed by atoms with van der Waals surface area (Å²) >= 11 is 1.63. The number of ether oxygens (including phenoxy) is 2. The Bertz CT molecular complexity index is 1190. The normalized spacial score (nSPS) is 11.6. The van der Waals surface area contributed by atoms with E-state index >= 15 is 0 Å². The highest BCUT2D eigenvalue weighted by atomic mass is 32.2. The van der Waals surface area contributed by atoms with Gasteiger partial charge in [0, 0.05) is 36.1 Å². The molecular weight excluding hydrogens is 496 g/mol. The highest BCUT2D eigenvalue weighted by Gasteiger charge is 2.28. The van der Waals surface area contributed by atoms with Gasteiger partial charge < -0.3 is 14.4 Å². The maximum absolute atomic E-state index is 13.6. The van der Waals surface area contributed by atoms with Crippen LogP contribution in [0, 0.1) is 6.92 Å². The number of benzene rings is 2. The molecule has 0 N–H and O–H groups in total. The summed E-state index contributed by atoms with van der Waals surface area (Å²) in [5, 5.41) is 0. The van der Waals surface area contributed by atoms with E-state index < -0.39 is 10.0 Å². The van der Waals surface area contributed by atoms with E-state index in [1.165, 1.54) is 23.5 Å². The van der Waals surface area contributed by atoms with Crippen molar-refractivity contribution in [3.05, 3.63) is 82.0 Å². The molecule has 0 radical (unpaired) electrons. The van der Waals surface area contributed by atoms with Crippen molar-refractivity contribution in [3.63, 3.8) is 0 Å². The van der Waals surface area contributed by atoms with Gasteiger partial charge >= 0.3 is 0 Å². The van der Waals surface area contributed by atoms with Gasteiger partial charge in [0.1, 0.15) is 5.75 Å². The zero-order chi connectivity index (χ0) is 26.0. The highest BCUT2D eigenvalue weighted by molar-refractivity contribution is 7.89. The molecule has 9 heteroatoms. The van der Waals surface area contributed by atoms with Crippen LogP contribution in [0.2, 0.25) is 0 Å². The zero-order valence-corrected chi connectivity index (χ0v) is 22.7. The van der Waals surface area contributed by atoms with E-state index in [-0.39, 0.29) is 23.9 Å². The number of carbonyl (C=O) groups excluding carboxylic acids is 1. The summed E-state index contributed by atoms with van der Waals surface area (Å²) in [4.78, 5) is 17.7. The lowest BCUT2D eigenvalue weighted by molar-refractivity contribution is -0.132. The molecule has 0 aliphatic rings. The number of thiophene rings is 1. The zero-order valence-electron chi connectivity index (χ0n) is 21.1. The third-order valence-electron chi connectivity index (χ3n) is 5.62. The predicted octanol–water partition coefficient (Wildman–Crippen LogP) is 4.71. The van der Waals surface area contributed by atoms with Crippen molar-refractivity contribution in [1.29, 1.82) is 0 Å². The summed E-state index contributed by atoms with van der Waals surface area (Å²) in [6.45, 7) is 5.63. The van der Waals surface area contributed by atoms with Crippen molar-refractivity contribution in [3.8, 4) is 5.75 Å². The second-order valence-electron chi connectivity index (χ2n) is 8.31. The molecule has 1 heterocycles. The Morgan fingerprint density at radius 3 is 2.31 bits per heavy atom. The van der Waals surface area contributed by atoms with Crippen molar-refractivity contribution < 1.29 is 22.7 Å². The number of aryl methyl sites for hydroxylation is 1. The molecule has 36 heavy (non-hydrogen) atoms. The van der Waals surface area contributed by atoms with Gasteiger partial charge in [-0.15, -0.1) is 11.3 Å². The lowest BCUT2D eigenvalue weighted by Crippen LogP contribution is -2.43. The van der Waals surface area contributed by atoms with Gasteiger partial charge in [0.25, 0.3) is 0 Å². The molecule has 1 amide bonds. The van der Waals surface area contributed by atoms with E-state index in [2.05, 4.69) is 0 Å². The van der Waals surface area contributed by atoms with Crippen LogP contribution in [0.5, 0.6) is 5.75 Å². The van der Waals surface area contributed by atoms with E-state index in [9.17, 15) is 13.2 Å². The molecule has 0 saturated carbocycles. The Balaban J connectivity index is 1.85. The minimum atomic E-state index is -3.91. The van der Waals surface area contributed by atoms with Crippen molar-refractivity contribution >= 4 is 27.3 Å². The molecule has 0 spiro atoms. The summed E-state index contributed by atoms with van der Waals surface area (Å²) in [7, 11) is -2.38. The molecule has 3 aromatic rings. The third-order valence-corrected chi connectivity index (χ3v) is 8.47. The highest BCUT2D eigenvalue weighted by Crippen LogP contribution is 2.22. The van der Waals surface area contributed by atoms with Crippen molar-refractivity contribution in [2.24, 2.45) is 0 Å². The second-order valence-corrected chi connectivity index (χ2v) is 11.6. The Morgan fingerprint density at radius 2 is 1.69 bits per heavy atom. The Labute approximate surface area is 218 Å². The Kier molecular flexibility index (Phi) is 10.5. The lowest BCUT2D eigenvalue weighted by Gasteiger charge is -2.27. The first-order valence-electron chi connectivity index (χ1n) is 11.9. The topological polar surface area (TPSA) is 76.2 Å². The first-order chi connectivity index (χ1) is 17.3. The van der Waals surface area contributed by atoms with Gasteiger partial charge in [-0.2, -0.15) is 4.31 Å². The van der Waals surface area contributed by atoms with E-state index in [1.54, 1.807) is 28.4 Å². The van der Waals surface area contributed by atoms with Gasteiger partial charge in [-0.1, -0.05) is 30.3 Å². The number of hydrogen-bond donors (Lipinski definition) is 0. The molecule has 2 aromatic carbocycles. The third kappa shape index (κ3) is 7.89. The molecule has 0 saturated heterocycles. The molecule has 0 fully saturated rings. The monoisotopic (exact) mass is 530 g/mol. The lowest BCUT2D eigenvalue weighted by atomic mass is 10.2. The van der Waals surface area contributed by atoms with Crippen LogP contribution in [0.25, 0.3) is 0 Å². The van der Waals surface area contributed by atoms with Crippen LogP contribution < -0.4 is 4.74 Å². The van der Waals surface area contributed by atoms with Gasteiger partial charge in [0.15, 0.2) is 0 Å². The van der Waals surface area contributed by atoms with Crippen LogP contribution in [0.1, 0.15) is 28.7 Å². The number of methoxy groups -OCH3 is 1. The van der Waals surface area contributed by atoms with Crippen molar-refractivity contribution in [2.75, 3.05) is 33.4 Å². The maximum Gasteiger partial charge on any atom is 0.243 e. The minimum absolute atomic E-state index is 0.121. The first kappa shape index (κ1) is 27.9. The minimum Gasteiger partial charge on any atom is -0.497 e. The quantitative estimate of drug-likeness (QED) is 0.282. The van der Waals surface area contributed by atoms with Gasteiger partial charge in [-0.3, -0.25) is 4.79 Å². The number of rotatable bonds is 14. The summed E-state index contributed by atoms with van der Waals surface area (Å²) in [6.07, 6.45) is 0.485. The predicted molar refractivity (Wildman–Crippen MR) is 143 cm³/mol. The number of nitrogens with zero attached hydrogens (tertiary/aromatic N) is 2. The fourth-order valence-corrected chi connectivity index (χ4v) is 6.05. The molecule has 3 rings (SSSR count). The number of carbonyl (C=O) groups is 1. The van der Waals surface area contributed by atoms with Crippen LogP contribution >= 0.6 is 11.3 Å². The summed E-state index contributed by atoms with van der Waals surface area (Å²) < 4.78 is 38.9. The largest absolute Gasteiger partial charge is 0.497 e. The van der Waals surface area contributed by atoms with Gasteiger partial charge in [0.2, 0.25) is 15.9 Å². The van der Waals surface area contributed by atoms with E-state index in [0.29, 0.717) is 38.5 Å². The van der Waals surface area contributed by atoms with Crippen molar-refractivity contribution in [2.45, 2.75) is 38.3 Å². The average Bonchev–Trinajstić information content (AvgIpc) is 3.30. The standard InChI is InChI=1S/C27H34N2O5S2/c1-4-34-18-8-17-29(36(31,32)26-15-12-24(33-3)13-16-26)21-27(30)28(19-23-9-6-5-7-10-23)20-25-14-11-22(2)35-25/h5-7,9-16H,4,8,17-21H2,1-3H3. The fraction of sp³-hybridized carbons (Fsp3) is 0.370. The average molecular weight is 531 g/mol. The molecule has 0 bridgehead atoms. The molecule has 0 unspecified atom stereocenters. The number of amides is 1. The van der Waals surface area contributed by atoms with Crippen LogP contribution in [-0.2, 0) is 32.6 Å².